The lowest BCUT2D eigenvalue weighted by molar-refractivity contribution is -0.358. The van der Waals surface area contributed by atoms with E-state index in [0.29, 0.717) is 5.92 Å². The molecule has 6 heteroatoms. The molecule has 2 aliphatic rings. The van der Waals surface area contributed by atoms with Gasteiger partial charge in [0, 0.05) is 0 Å². The molecule has 0 radical (unpaired) electrons. The monoisotopic (exact) mass is 380 g/mol. The lowest BCUT2D eigenvalue weighted by Gasteiger charge is -2.32. The summed E-state index contributed by atoms with van der Waals surface area (Å²) in [5, 5.41) is 0. The Kier molecular flexibility index (Phi) is 7.68. The molecule has 26 heavy (non-hydrogen) atoms. The molecule has 2 aliphatic carbocycles. The highest BCUT2D eigenvalue weighted by Crippen LogP contribution is 2.40. The zero-order chi connectivity index (χ0) is 19.2. The fourth-order valence-corrected chi connectivity index (χ4v) is 3.83. The summed E-state index contributed by atoms with van der Waals surface area (Å²) >= 11 is 0. The molecule has 1 unspecified atom stereocenters. The molecule has 0 aliphatic heterocycles. The Labute approximate surface area is 152 Å². The quantitative estimate of drug-likeness (QED) is 0.314. The lowest BCUT2D eigenvalue weighted by atomic mass is 9.76. The maximum Gasteiger partial charge on any atom is 0.422 e. The van der Waals surface area contributed by atoms with Crippen LogP contribution in [0.3, 0.4) is 0 Å². The van der Waals surface area contributed by atoms with Crippen LogP contribution in [0.4, 0.5) is 22.0 Å². The number of hydrogen-bond acceptors (Lipinski definition) is 1. The van der Waals surface area contributed by atoms with Gasteiger partial charge in [-0.05, 0) is 49.5 Å². The van der Waals surface area contributed by atoms with Crippen LogP contribution in [-0.2, 0) is 4.74 Å². The predicted octanol–water partition coefficient (Wildman–Crippen LogP) is 6.84. The fraction of sp³-hybridized carbons (Fsp3) is 0.800. The van der Waals surface area contributed by atoms with Crippen LogP contribution in [0.15, 0.2) is 23.8 Å². The van der Waals surface area contributed by atoms with E-state index in [1.165, 1.54) is 44.6 Å². The van der Waals surface area contributed by atoms with Gasteiger partial charge >= 0.3 is 12.0 Å². The number of ether oxygens (including phenoxy) is 1. The van der Waals surface area contributed by atoms with Gasteiger partial charge in [0.1, 0.15) is 0 Å². The molecule has 150 valence electrons. The third kappa shape index (κ3) is 5.54. The van der Waals surface area contributed by atoms with Crippen molar-refractivity contribution in [2.24, 2.45) is 11.8 Å². The zero-order valence-corrected chi connectivity index (χ0v) is 15.3. The minimum atomic E-state index is -4.81. The molecular weight excluding hydrogens is 351 g/mol. The van der Waals surface area contributed by atoms with Crippen molar-refractivity contribution in [1.82, 2.24) is 0 Å². The Morgan fingerprint density at radius 2 is 1.77 bits per heavy atom. The third-order valence-corrected chi connectivity index (χ3v) is 5.52. The Hall–Kier alpha value is -0.910. The molecule has 0 spiro atoms. The van der Waals surface area contributed by atoms with Crippen molar-refractivity contribution in [3.8, 4) is 0 Å². The smallest absolute Gasteiger partial charge is 0.308 e. The van der Waals surface area contributed by atoms with E-state index in [4.69, 9.17) is 0 Å². The molecular formula is C20H29F5O. The van der Waals surface area contributed by atoms with Gasteiger partial charge in [-0.2, -0.15) is 17.6 Å². The van der Waals surface area contributed by atoms with Gasteiger partial charge in [-0.1, -0.05) is 50.8 Å². The molecule has 0 aromatic carbocycles. The average molecular weight is 380 g/mol. The van der Waals surface area contributed by atoms with Crippen LogP contribution in [0.25, 0.3) is 0 Å². The van der Waals surface area contributed by atoms with E-state index < -0.39 is 24.8 Å². The van der Waals surface area contributed by atoms with Crippen LogP contribution in [-0.4, -0.2) is 24.8 Å². The van der Waals surface area contributed by atoms with Crippen molar-refractivity contribution in [1.29, 1.82) is 0 Å². The first-order valence-electron chi connectivity index (χ1n) is 9.66. The number of halogens is 5. The van der Waals surface area contributed by atoms with Gasteiger partial charge in [0.25, 0.3) is 0 Å². The molecule has 0 aromatic heterocycles. The van der Waals surface area contributed by atoms with Gasteiger partial charge in [0.05, 0.1) is 6.10 Å². The van der Waals surface area contributed by atoms with Crippen LogP contribution < -0.4 is 0 Å². The molecule has 0 saturated heterocycles. The van der Waals surface area contributed by atoms with Crippen molar-refractivity contribution in [3.63, 3.8) is 0 Å². The van der Waals surface area contributed by atoms with Crippen LogP contribution in [0.2, 0.25) is 0 Å². The molecule has 0 aromatic rings. The Morgan fingerprint density at radius 3 is 2.31 bits per heavy atom. The second-order valence-electron chi connectivity index (χ2n) is 7.52. The summed E-state index contributed by atoms with van der Waals surface area (Å²) in [7, 11) is 0. The summed E-state index contributed by atoms with van der Waals surface area (Å²) in [5.41, 5.74) is 1.08. The van der Waals surface area contributed by atoms with Crippen LogP contribution in [0, 0.1) is 11.8 Å². The number of allylic oxidation sites excluding steroid dienone is 2. The Balaban J connectivity index is 1.79. The van der Waals surface area contributed by atoms with Gasteiger partial charge < -0.3 is 4.74 Å². The molecule has 1 atom stereocenters. The van der Waals surface area contributed by atoms with E-state index in [1.807, 2.05) is 0 Å². The molecule has 0 heterocycles. The first kappa shape index (κ1) is 21.4. The van der Waals surface area contributed by atoms with Crippen molar-refractivity contribution in [2.75, 3.05) is 6.67 Å². The minimum Gasteiger partial charge on any atom is -0.308 e. The van der Waals surface area contributed by atoms with E-state index in [-0.39, 0.29) is 6.42 Å². The number of rotatable bonds is 9. The van der Waals surface area contributed by atoms with Crippen molar-refractivity contribution in [2.45, 2.75) is 82.8 Å². The number of hydrogen-bond donors (Lipinski definition) is 0. The zero-order valence-electron chi connectivity index (χ0n) is 15.3. The normalized spacial score (nSPS) is 27.5. The fourth-order valence-electron chi connectivity index (χ4n) is 3.83. The van der Waals surface area contributed by atoms with Crippen molar-refractivity contribution in [3.05, 3.63) is 23.8 Å². The molecule has 0 bridgehead atoms. The van der Waals surface area contributed by atoms with Crippen LogP contribution in [0.1, 0.15) is 64.7 Å². The average Bonchev–Trinajstić information content (AvgIpc) is 2.63. The molecule has 2 rings (SSSR count). The maximum absolute atomic E-state index is 13.3. The molecule has 0 amide bonds. The topological polar surface area (TPSA) is 9.23 Å². The van der Waals surface area contributed by atoms with E-state index in [9.17, 15) is 22.0 Å². The van der Waals surface area contributed by atoms with Crippen molar-refractivity contribution < 1.29 is 26.7 Å². The molecule has 1 nitrogen and oxygen atoms in total. The SMILES string of the molecule is CCCCCC1CCC(C2=CCC(OC(F)(F)C(F)(F)CF)C=C2)CC1. The van der Waals surface area contributed by atoms with E-state index in [0.717, 1.165) is 24.3 Å². The largest absolute Gasteiger partial charge is 0.422 e. The van der Waals surface area contributed by atoms with Crippen LogP contribution in [0.5, 0.6) is 0 Å². The summed E-state index contributed by atoms with van der Waals surface area (Å²) in [4.78, 5) is 0. The summed E-state index contributed by atoms with van der Waals surface area (Å²) in [6.45, 7) is -0.247. The second-order valence-corrected chi connectivity index (χ2v) is 7.52. The highest BCUT2D eigenvalue weighted by atomic mass is 19.3. The number of alkyl halides is 5. The van der Waals surface area contributed by atoms with Gasteiger partial charge in [-0.15, -0.1) is 0 Å². The standard InChI is InChI=1S/C20H29F5O/c1-2-3-4-5-15-6-8-16(9-7-15)17-10-12-18(13-11-17)26-20(24,25)19(22,23)14-21/h10-12,15-16,18H,2-9,13-14H2,1H3. The van der Waals surface area contributed by atoms with E-state index >= 15 is 0 Å². The summed E-state index contributed by atoms with van der Waals surface area (Å²) < 4.78 is 68.8. The van der Waals surface area contributed by atoms with Gasteiger partial charge in [-0.25, -0.2) is 4.39 Å². The highest BCUT2D eigenvalue weighted by molar-refractivity contribution is 5.27. The first-order valence-corrected chi connectivity index (χ1v) is 9.66. The molecule has 1 saturated carbocycles. The van der Waals surface area contributed by atoms with Gasteiger partial charge in [-0.3, -0.25) is 0 Å². The summed E-state index contributed by atoms with van der Waals surface area (Å²) in [5.74, 6) is -3.62. The van der Waals surface area contributed by atoms with E-state index in [2.05, 4.69) is 11.7 Å². The molecule has 0 N–H and O–H groups in total. The first-order chi connectivity index (χ1) is 12.3. The highest BCUT2D eigenvalue weighted by Gasteiger charge is 2.59. The van der Waals surface area contributed by atoms with Crippen LogP contribution >= 0.6 is 0 Å². The van der Waals surface area contributed by atoms with Gasteiger partial charge in [0.15, 0.2) is 6.67 Å². The predicted molar refractivity (Wildman–Crippen MR) is 92.2 cm³/mol. The molecule has 1 fully saturated rings. The summed E-state index contributed by atoms with van der Waals surface area (Å²) in [6.07, 6.45) is 8.64. The van der Waals surface area contributed by atoms with Crippen molar-refractivity contribution >= 4 is 0 Å². The third-order valence-electron chi connectivity index (χ3n) is 5.52. The second kappa shape index (κ2) is 9.34. The van der Waals surface area contributed by atoms with E-state index in [1.54, 1.807) is 12.2 Å². The Bertz CT molecular complexity index is 492. The minimum absolute atomic E-state index is 0.111. The Morgan fingerprint density at radius 1 is 1.08 bits per heavy atom. The number of unbranched alkanes of at least 4 members (excludes halogenated alkanes) is 2. The summed E-state index contributed by atoms with van der Waals surface area (Å²) in [6, 6.07) is 0. The maximum atomic E-state index is 13.3. The lowest BCUT2D eigenvalue weighted by Crippen LogP contribution is -2.46. The van der Waals surface area contributed by atoms with Gasteiger partial charge in [0.2, 0.25) is 0 Å².